The fourth-order valence-electron chi connectivity index (χ4n) is 16.7. The van der Waals surface area contributed by atoms with Crippen LogP contribution in [0.3, 0.4) is 0 Å². The van der Waals surface area contributed by atoms with Crippen molar-refractivity contribution < 1.29 is 8.83 Å². The molecule has 4 heterocycles. The molecule has 0 spiro atoms. The number of benzene rings is 17. The van der Waals surface area contributed by atoms with E-state index >= 15 is 0 Å². The zero-order valence-corrected chi connectivity index (χ0v) is 60.8. The minimum Gasteiger partial charge on any atom is -0.455 e. The van der Waals surface area contributed by atoms with Gasteiger partial charge in [0.25, 0.3) is 0 Å². The van der Waals surface area contributed by atoms with Crippen LogP contribution >= 0.6 is 23.2 Å². The number of rotatable bonds is 14. The van der Waals surface area contributed by atoms with Gasteiger partial charge >= 0.3 is 0 Å². The van der Waals surface area contributed by atoms with Crippen molar-refractivity contribution in [3.05, 3.63) is 398 Å². The van der Waals surface area contributed by atoms with Crippen LogP contribution < -0.4 is 9.80 Å². The molecule has 21 rings (SSSR count). The quantitative estimate of drug-likeness (QED) is 0.109. The zero-order chi connectivity index (χ0) is 72.9. The predicted molar refractivity (Wildman–Crippen MR) is 462 cm³/mol. The molecule has 0 aliphatic rings. The van der Waals surface area contributed by atoms with Gasteiger partial charge in [0.1, 0.15) is 22.3 Å². The lowest BCUT2D eigenvalue weighted by Gasteiger charge is -2.27. The molecule has 0 bridgehead atoms. The minimum atomic E-state index is 0.593. The Morgan fingerprint density at radius 1 is 0.218 bits per heavy atom. The number of hydrogen-bond donors (Lipinski definition) is 0. The first-order valence-electron chi connectivity index (χ1n) is 37.1. The number of halogens is 2. The number of para-hydroxylation sites is 5. The Kier molecular flexibility index (Phi) is 15.6. The summed E-state index contributed by atoms with van der Waals surface area (Å²) in [5.74, 6) is 0. The van der Waals surface area contributed by atoms with E-state index in [0.29, 0.717) is 10.0 Å². The van der Waals surface area contributed by atoms with E-state index in [-0.39, 0.29) is 0 Å². The predicted octanol–water partition coefficient (Wildman–Crippen LogP) is 29.9. The molecule has 8 heteroatoms. The lowest BCUT2D eigenvalue weighted by Crippen LogP contribution is -2.10. The Morgan fingerprint density at radius 2 is 0.536 bits per heavy atom. The molecule has 0 atom stereocenters. The van der Waals surface area contributed by atoms with Crippen molar-refractivity contribution in [3.63, 3.8) is 0 Å². The average molecular weight is 1450 g/mol. The number of fused-ring (bicyclic) bond motifs is 14. The van der Waals surface area contributed by atoms with E-state index in [4.69, 9.17) is 32.0 Å². The van der Waals surface area contributed by atoms with Crippen LogP contribution in [0.4, 0.5) is 34.1 Å². The second-order valence-electron chi connectivity index (χ2n) is 28.2. The number of nitrogens with zero attached hydrogens (tertiary/aromatic N) is 4. The third-order valence-electron chi connectivity index (χ3n) is 21.7. The summed E-state index contributed by atoms with van der Waals surface area (Å²) in [6.07, 6.45) is 0. The summed E-state index contributed by atoms with van der Waals surface area (Å²) < 4.78 is 19.1. The molecule has 0 amide bonds. The normalized spacial score (nSPS) is 11.7. The molecule has 0 saturated heterocycles. The standard InChI is InChI=1S/C102H64Cl2N4O2/c103-75-56-73(88-63-91-85-32-16-19-35-93(85)107(77-28-12-4-13-29-77)99(91)97-86-33-17-20-36-95(86)109-101(88)97)58-83(61-75)106(81-51-42-70(43-52-81)67-26-10-3-11-27-67)82-53-44-71(45-54-82)72-46-55-94-90(60-72)92-64-89(102-98(87-34-18-21-37-96(87)110-102)100(92)108(94)78-30-14-5-15-31-78)74-57-76(104)62-84(59-74)105(79-47-38-68(39-48-79)65-22-6-1-7-23-65)80-49-40-69(41-50-80)66-24-8-2-9-25-66/h1-64H. The molecular formula is C102H64Cl2N4O2. The van der Waals surface area contributed by atoms with Crippen molar-refractivity contribution in [2.45, 2.75) is 0 Å². The van der Waals surface area contributed by atoms with E-state index in [1.54, 1.807) is 0 Å². The Labute approximate surface area is 644 Å². The number of furan rings is 2. The summed E-state index contributed by atoms with van der Waals surface area (Å²) in [4.78, 5) is 4.61. The largest absolute Gasteiger partial charge is 0.455 e. The molecule has 0 aliphatic carbocycles. The molecule has 518 valence electrons. The lowest BCUT2D eigenvalue weighted by atomic mass is 9.96. The van der Waals surface area contributed by atoms with Gasteiger partial charge in [-0.3, -0.25) is 0 Å². The van der Waals surface area contributed by atoms with Crippen molar-refractivity contribution in [3.8, 4) is 78.1 Å². The second-order valence-corrected chi connectivity index (χ2v) is 29.1. The van der Waals surface area contributed by atoms with Gasteiger partial charge in [-0.25, -0.2) is 0 Å². The maximum Gasteiger partial charge on any atom is 0.145 e. The molecule has 0 fully saturated rings. The van der Waals surface area contributed by atoms with Crippen LogP contribution in [0.25, 0.3) is 166 Å². The molecule has 21 aromatic rings. The van der Waals surface area contributed by atoms with Crippen molar-refractivity contribution in [2.75, 3.05) is 9.80 Å². The smallest absolute Gasteiger partial charge is 0.145 e. The van der Waals surface area contributed by atoms with Crippen molar-refractivity contribution in [1.82, 2.24) is 9.13 Å². The summed E-state index contributed by atoms with van der Waals surface area (Å²) in [6.45, 7) is 0. The molecule has 4 aromatic heterocycles. The van der Waals surface area contributed by atoms with Gasteiger partial charge in [-0.15, -0.1) is 0 Å². The molecule has 0 radical (unpaired) electrons. The van der Waals surface area contributed by atoms with Gasteiger partial charge in [0, 0.05) is 99.0 Å². The van der Waals surface area contributed by atoms with Crippen LogP contribution in [0.1, 0.15) is 0 Å². The van der Waals surface area contributed by atoms with Gasteiger partial charge in [0.15, 0.2) is 0 Å². The van der Waals surface area contributed by atoms with E-state index in [1.807, 2.05) is 12.1 Å². The van der Waals surface area contributed by atoms with Crippen LogP contribution in [0.2, 0.25) is 10.0 Å². The highest BCUT2D eigenvalue weighted by molar-refractivity contribution is 6.33. The average Bonchev–Trinajstić information content (AvgIpc) is 1.55. The Balaban J connectivity index is 0.721. The van der Waals surface area contributed by atoms with Crippen molar-refractivity contribution >= 4 is 145 Å². The van der Waals surface area contributed by atoms with Gasteiger partial charge in [-0.1, -0.05) is 260 Å². The summed E-state index contributed by atoms with van der Waals surface area (Å²) in [7, 11) is 0. The minimum absolute atomic E-state index is 0.593. The van der Waals surface area contributed by atoms with Gasteiger partial charge < -0.3 is 27.8 Å². The third kappa shape index (κ3) is 11.0. The summed E-state index contributed by atoms with van der Waals surface area (Å²) >= 11 is 15.0. The van der Waals surface area contributed by atoms with E-state index < -0.39 is 0 Å². The van der Waals surface area contributed by atoms with Crippen LogP contribution in [0.5, 0.6) is 0 Å². The first-order valence-corrected chi connectivity index (χ1v) is 37.8. The van der Waals surface area contributed by atoms with E-state index in [2.05, 4.69) is 395 Å². The monoisotopic (exact) mass is 1450 g/mol. The van der Waals surface area contributed by atoms with E-state index in [1.165, 1.54) is 0 Å². The maximum absolute atomic E-state index is 7.52. The van der Waals surface area contributed by atoms with Crippen molar-refractivity contribution in [2.24, 2.45) is 0 Å². The molecular weight excluding hydrogens is 1380 g/mol. The molecule has 17 aromatic carbocycles. The van der Waals surface area contributed by atoms with Crippen molar-refractivity contribution in [1.29, 1.82) is 0 Å². The van der Waals surface area contributed by atoms with Crippen LogP contribution in [-0.4, -0.2) is 9.13 Å². The summed E-state index contributed by atoms with van der Waals surface area (Å²) in [6, 6.07) is 138. The topological polar surface area (TPSA) is 42.6 Å². The first kappa shape index (κ1) is 64.5. The molecule has 0 unspecified atom stereocenters. The summed E-state index contributed by atoms with van der Waals surface area (Å²) in [5, 5.41) is 9.76. The Morgan fingerprint density at radius 3 is 0.945 bits per heavy atom. The Hall–Kier alpha value is -13.9. The Bertz CT molecular complexity index is 7030. The first-order chi connectivity index (χ1) is 54.3. The highest BCUT2D eigenvalue weighted by Crippen LogP contribution is 2.51. The van der Waals surface area contributed by atoms with E-state index in [0.717, 1.165) is 200 Å². The zero-order valence-electron chi connectivity index (χ0n) is 59.3. The molecule has 0 aliphatic heterocycles. The molecule has 0 N–H and O–H groups in total. The van der Waals surface area contributed by atoms with Crippen LogP contribution in [0.15, 0.2) is 397 Å². The summed E-state index contributed by atoms with van der Waals surface area (Å²) in [5.41, 5.74) is 28.0. The van der Waals surface area contributed by atoms with Crippen LogP contribution in [0, 0.1) is 0 Å². The SMILES string of the molecule is Clc1cc(-c2cc3c4ccccc4n(-c4ccccc4)c3c3c2oc2ccccc23)cc(N(c2ccc(-c3ccccc3)cc2)c2ccc(-c3ccc4c(c3)c3cc(-c5cc(Cl)cc(N(c6ccc(-c7ccccc7)cc6)c6ccc(-c7ccccc7)cc6)c5)c5oc6ccccc6c5c3n4-c3ccccc3)cc2)c1. The highest BCUT2D eigenvalue weighted by atomic mass is 35.5. The lowest BCUT2D eigenvalue weighted by molar-refractivity contribution is 0.670. The molecule has 6 nitrogen and oxygen atoms in total. The van der Waals surface area contributed by atoms with Gasteiger partial charge in [-0.05, 0) is 207 Å². The van der Waals surface area contributed by atoms with Gasteiger partial charge in [-0.2, -0.15) is 0 Å². The highest BCUT2D eigenvalue weighted by Gasteiger charge is 2.28. The third-order valence-corrected chi connectivity index (χ3v) is 22.2. The number of hydrogen-bond acceptors (Lipinski definition) is 4. The molecule has 110 heavy (non-hydrogen) atoms. The number of aromatic nitrogens is 2. The number of anilines is 6. The van der Waals surface area contributed by atoms with E-state index in [9.17, 15) is 0 Å². The van der Waals surface area contributed by atoms with Crippen LogP contribution in [-0.2, 0) is 0 Å². The van der Waals surface area contributed by atoms with Gasteiger partial charge in [0.05, 0.1) is 32.8 Å². The van der Waals surface area contributed by atoms with Gasteiger partial charge in [0.2, 0.25) is 0 Å². The maximum atomic E-state index is 7.52. The fourth-order valence-corrected chi connectivity index (χ4v) is 17.2. The molecule has 0 saturated carbocycles. The second kappa shape index (κ2) is 26.6. The fraction of sp³-hybridized carbons (Fsp3) is 0.